The molecule has 0 unspecified atom stereocenters. The van der Waals surface area contributed by atoms with Crippen LogP contribution < -0.4 is 0 Å². The van der Waals surface area contributed by atoms with Crippen molar-refractivity contribution in [3.05, 3.63) is 133 Å². The molecule has 0 radical (unpaired) electrons. The van der Waals surface area contributed by atoms with Gasteiger partial charge in [-0.15, -0.1) is 11.3 Å². The molecule has 0 aliphatic heterocycles. The summed E-state index contributed by atoms with van der Waals surface area (Å²) in [5.41, 5.74) is 4.45. The summed E-state index contributed by atoms with van der Waals surface area (Å²) in [5, 5.41) is 14.9. The molecule has 194 valence electrons. The van der Waals surface area contributed by atoms with E-state index < -0.39 is 0 Å². The fourth-order valence-electron chi connectivity index (χ4n) is 7.10. The molecule has 0 bridgehead atoms. The minimum absolute atomic E-state index is 0.937. The highest BCUT2D eigenvalue weighted by Crippen LogP contribution is 2.45. The van der Waals surface area contributed by atoms with E-state index in [4.69, 9.17) is 4.42 Å². The molecule has 0 atom stereocenters. The zero-order chi connectivity index (χ0) is 27.4. The normalized spacial score (nSPS) is 12.3. The van der Waals surface area contributed by atoms with E-state index in [9.17, 15) is 0 Å². The van der Waals surface area contributed by atoms with Crippen molar-refractivity contribution in [1.82, 2.24) is 0 Å². The SMILES string of the molecule is c1ccc2cc3c(cc2c1)oc1c3ccc2c3ccc(-c4cccc5c4sc4ccccc45)cc3c3ccccc3c21. The van der Waals surface area contributed by atoms with Crippen LogP contribution in [0.5, 0.6) is 0 Å². The molecule has 0 N–H and O–H groups in total. The van der Waals surface area contributed by atoms with E-state index in [0.717, 1.165) is 11.2 Å². The van der Waals surface area contributed by atoms with Gasteiger partial charge in [0.05, 0.1) is 0 Å². The smallest absolute Gasteiger partial charge is 0.143 e. The maximum absolute atomic E-state index is 6.70. The highest BCUT2D eigenvalue weighted by atomic mass is 32.1. The fourth-order valence-corrected chi connectivity index (χ4v) is 8.34. The van der Waals surface area contributed by atoms with E-state index in [1.807, 2.05) is 11.3 Å². The Bertz CT molecular complexity index is 2720. The Kier molecular flexibility index (Phi) is 4.39. The van der Waals surface area contributed by atoms with E-state index in [2.05, 4.69) is 133 Å². The lowest BCUT2D eigenvalue weighted by Gasteiger charge is -2.13. The van der Waals surface area contributed by atoms with Crippen molar-refractivity contribution in [2.75, 3.05) is 0 Å². The van der Waals surface area contributed by atoms with E-state index in [-0.39, 0.29) is 0 Å². The van der Waals surface area contributed by atoms with Crippen LogP contribution in [0.1, 0.15) is 0 Å². The predicted molar refractivity (Wildman–Crippen MR) is 182 cm³/mol. The largest absolute Gasteiger partial charge is 0.455 e. The predicted octanol–water partition coefficient (Wildman–Crippen LogP) is 12.2. The molecule has 0 amide bonds. The van der Waals surface area contributed by atoms with Gasteiger partial charge in [0.2, 0.25) is 0 Å². The molecule has 1 nitrogen and oxygen atoms in total. The second kappa shape index (κ2) is 8.19. The maximum Gasteiger partial charge on any atom is 0.143 e. The third kappa shape index (κ3) is 2.97. The molecule has 10 aromatic rings. The third-order valence-electron chi connectivity index (χ3n) is 9.02. The Balaban J connectivity index is 1.30. The average molecular weight is 551 g/mol. The first kappa shape index (κ1) is 22.5. The molecule has 0 fully saturated rings. The molecule has 0 saturated heterocycles. The van der Waals surface area contributed by atoms with Crippen molar-refractivity contribution in [3.63, 3.8) is 0 Å². The zero-order valence-electron chi connectivity index (χ0n) is 22.5. The molecule has 42 heavy (non-hydrogen) atoms. The van der Waals surface area contributed by atoms with Gasteiger partial charge in [-0.3, -0.25) is 0 Å². The van der Waals surface area contributed by atoms with E-state index in [1.165, 1.54) is 85.2 Å². The zero-order valence-corrected chi connectivity index (χ0v) is 23.3. The van der Waals surface area contributed by atoms with Crippen LogP contribution in [-0.2, 0) is 0 Å². The van der Waals surface area contributed by atoms with Crippen LogP contribution >= 0.6 is 11.3 Å². The summed E-state index contributed by atoms with van der Waals surface area (Å²) in [6.45, 7) is 0. The summed E-state index contributed by atoms with van der Waals surface area (Å²) in [6, 6.07) is 48.8. The second-order valence-electron chi connectivity index (χ2n) is 11.2. The standard InChI is InChI=1S/C40H22OS/c1-2-9-24-22-36-35(20-23(24)8-1)32-19-18-31-28-17-16-25(21-34(28)27-10-3-4-12-30(27)38(31)39(32)41-36)26-13-7-14-33-29-11-5-6-15-37(29)42-40(26)33/h1-22H. The van der Waals surface area contributed by atoms with Crippen LogP contribution in [0.25, 0.3) is 96.3 Å². The van der Waals surface area contributed by atoms with Gasteiger partial charge in [0, 0.05) is 36.3 Å². The molecule has 2 aromatic heterocycles. The molecular formula is C40H22OS. The number of hydrogen-bond acceptors (Lipinski definition) is 2. The Hall–Kier alpha value is -5.18. The molecule has 8 aromatic carbocycles. The van der Waals surface area contributed by atoms with Gasteiger partial charge in [-0.05, 0) is 79.2 Å². The summed E-state index contributed by atoms with van der Waals surface area (Å²) in [7, 11) is 0. The number of benzene rings is 8. The lowest BCUT2D eigenvalue weighted by Crippen LogP contribution is -1.86. The van der Waals surface area contributed by atoms with Crippen LogP contribution in [-0.4, -0.2) is 0 Å². The van der Waals surface area contributed by atoms with Crippen LogP contribution in [0, 0.1) is 0 Å². The number of thiophene rings is 1. The third-order valence-corrected chi connectivity index (χ3v) is 10.2. The molecule has 2 heteroatoms. The van der Waals surface area contributed by atoms with Crippen molar-refractivity contribution >= 4 is 96.5 Å². The van der Waals surface area contributed by atoms with Crippen LogP contribution in [0.2, 0.25) is 0 Å². The lowest BCUT2D eigenvalue weighted by molar-refractivity contribution is 0.673. The second-order valence-corrected chi connectivity index (χ2v) is 12.3. The summed E-state index contributed by atoms with van der Waals surface area (Å²) in [4.78, 5) is 0. The summed E-state index contributed by atoms with van der Waals surface area (Å²) >= 11 is 1.89. The van der Waals surface area contributed by atoms with Gasteiger partial charge in [0.15, 0.2) is 0 Å². The van der Waals surface area contributed by atoms with Crippen LogP contribution in [0.3, 0.4) is 0 Å². The van der Waals surface area contributed by atoms with Crippen molar-refractivity contribution in [2.45, 2.75) is 0 Å². The average Bonchev–Trinajstić information content (AvgIpc) is 3.61. The first-order chi connectivity index (χ1) is 20.8. The van der Waals surface area contributed by atoms with Gasteiger partial charge in [-0.25, -0.2) is 0 Å². The fraction of sp³-hybridized carbons (Fsp3) is 0. The maximum atomic E-state index is 6.70. The van der Waals surface area contributed by atoms with Gasteiger partial charge in [0.25, 0.3) is 0 Å². The molecule has 0 aliphatic rings. The number of hydrogen-bond donors (Lipinski definition) is 0. The van der Waals surface area contributed by atoms with Crippen molar-refractivity contribution in [2.24, 2.45) is 0 Å². The monoisotopic (exact) mass is 550 g/mol. The summed E-state index contributed by atoms with van der Waals surface area (Å²) < 4.78 is 9.38. The minimum Gasteiger partial charge on any atom is -0.455 e. The lowest BCUT2D eigenvalue weighted by atomic mass is 9.91. The number of furan rings is 1. The van der Waals surface area contributed by atoms with E-state index >= 15 is 0 Å². The van der Waals surface area contributed by atoms with E-state index in [0.29, 0.717) is 0 Å². The topological polar surface area (TPSA) is 13.1 Å². The van der Waals surface area contributed by atoms with E-state index in [1.54, 1.807) is 0 Å². The van der Waals surface area contributed by atoms with Gasteiger partial charge < -0.3 is 4.42 Å². The minimum atomic E-state index is 0.937. The first-order valence-electron chi connectivity index (χ1n) is 14.3. The number of fused-ring (bicyclic) bond motifs is 14. The Morgan fingerprint density at radius 1 is 0.429 bits per heavy atom. The quantitative estimate of drug-likeness (QED) is 0.185. The number of rotatable bonds is 1. The highest BCUT2D eigenvalue weighted by molar-refractivity contribution is 7.26. The van der Waals surface area contributed by atoms with Crippen LogP contribution in [0.15, 0.2) is 138 Å². The molecule has 2 heterocycles. The highest BCUT2D eigenvalue weighted by Gasteiger charge is 2.18. The van der Waals surface area contributed by atoms with Gasteiger partial charge in [0.1, 0.15) is 11.2 Å². The van der Waals surface area contributed by atoms with Gasteiger partial charge in [-0.1, -0.05) is 103 Å². The first-order valence-corrected chi connectivity index (χ1v) is 15.2. The van der Waals surface area contributed by atoms with Gasteiger partial charge in [-0.2, -0.15) is 0 Å². The summed E-state index contributed by atoms with van der Waals surface area (Å²) in [6.07, 6.45) is 0. The molecular weight excluding hydrogens is 529 g/mol. The van der Waals surface area contributed by atoms with Crippen LogP contribution in [0.4, 0.5) is 0 Å². The summed E-state index contributed by atoms with van der Waals surface area (Å²) in [5.74, 6) is 0. The molecule has 0 saturated carbocycles. The van der Waals surface area contributed by atoms with Gasteiger partial charge >= 0.3 is 0 Å². The Morgan fingerprint density at radius 3 is 2.00 bits per heavy atom. The van der Waals surface area contributed by atoms with Crippen molar-refractivity contribution in [1.29, 1.82) is 0 Å². The molecule has 0 aliphatic carbocycles. The molecule has 0 spiro atoms. The Labute approximate surface area is 244 Å². The van der Waals surface area contributed by atoms with Crippen molar-refractivity contribution < 1.29 is 4.42 Å². The molecule has 10 rings (SSSR count). The van der Waals surface area contributed by atoms with Crippen molar-refractivity contribution in [3.8, 4) is 11.1 Å². The Morgan fingerprint density at radius 2 is 1.10 bits per heavy atom.